The Kier molecular flexibility index (Phi) is 8.13. The molecule has 3 nitrogen and oxygen atoms in total. The number of unbranched alkanes of at least 4 members (excludes halogenated alkanes) is 1. The van der Waals surface area contributed by atoms with E-state index >= 15 is 0 Å². The van der Waals surface area contributed by atoms with Crippen LogP contribution in [0.4, 0.5) is 35.3 Å². The zero-order chi connectivity index (χ0) is 19.2. The number of nitrogens with zero attached hydrogens (tertiary/aromatic N) is 1. The SMILES string of the molecule is C=CCN(C)C(=O)C(C(F)(F)F)C(F)(CCCCOF)C(F)(F)F. The maximum atomic E-state index is 14.5. The third-order valence-electron chi connectivity index (χ3n) is 3.29. The summed E-state index contributed by atoms with van der Waals surface area (Å²) < 4.78 is 104. The van der Waals surface area contributed by atoms with Crippen molar-refractivity contribution >= 4 is 5.91 Å². The number of carbonyl (C=O) groups excluding carboxylic acids is 1. The molecule has 0 aromatic carbocycles. The Morgan fingerprint density at radius 2 is 1.71 bits per heavy atom. The Hall–Kier alpha value is -1.39. The lowest BCUT2D eigenvalue weighted by molar-refractivity contribution is -0.297. The van der Waals surface area contributed by atoms with E-state index < -0.39 is 62.3 Å². The quantitative estimate of drug-likeness (QED) is 0.346. The highest BCUT2D eigenvalue weighted by atomic mass is 19.4. The van der Waals surface area contributed by atoms with Gasteiger partial charge in [0.05, 0.1) is 6.61 Å². The van der Waals surface area contributed by atoms with Crippen LogP contribution in [0.3, 0.4) is 0 Å². The molecule has 0 aliphatic heterocycles. The molecule has 0 N–H and O–H groups in total. The molecule has 2 atom stereocenters. The lowest BCUT2D eigenvalue weighted by Gasteiger charge is -2.37. The Labute approximate surface area is 133 Å². The zero-order valence-electron chi connectivity index (χ0n) is 12.7. The smallest absolute Gasteiger partial charge is 0.341 e. The monoisotopic (exact) mass is 371 g/mol. The number of halogens is 8. The van der Waals surface area contributed by atoms with Gasteiger partial charge < -0.3 is 4.90 Å². The second-order valence-electron chi connectivity index (χ2n) is 5.11. The Morgan fingerprint density at radius 1 is 1.17 bits per heavy atom. The molecule has 2 unspecified atom stereocenters. The van der Waals surface area contributed by atoms with Gasteiger partial charge in [-0.15, -0.1) is 6.58 Å². The molecule has 0 saturated heterocycles. The summed E-state index contributed by atoms with van der Waals surface area (Å²) in [7, 11) is 0.802. The molecule has 0 saturated carbocycles. The predicted molar refractivity (Wildman–Crippen MR) is 68.2 cm³/mol. The first-order chi connectivity index (χ1) is 10.8. The standard InChI is InChI=1S/C13H17F8NO2/c1-3-7-22(2)10(23)9(12(15,16)17)11(14,13(18,19)20)6-4-5-8-24-21/h3,9H,1,4-8H2,2H3. The topological polar surface area (TPSA) is 29.5 Å². The summed E-state index contributed by atoms with van der Waals surface area (Å²) in [5, 5.41) is 0. The number of rotatable bonds is 9. The molecule has 11 heteroatoms. The van der Waals surface area contributed by atoms with Gasteiger partial charge in [0.25, 0.3) is 0 Å². The highest BCUT2D eigenvalue weighted by Crippen LogP contribution is 2.50. The number of carbonyl (C=O) groups is 1. The first-order valence-corrected chi connectivity index (χ1v) is 6.74. The van der Waals surface area contributed by atoms with Crippen molar-refractivity contribution in [3.05, 3.63) is 12.7 Å². The molecule has 0 fully saturated rings. The fourth-order valence-electron chi connectivity index (χ4n) is 2.09. The first kappa shape index (κ1) is 22.6. The number of hydrogen-bond acceptors (Lipinski definition) is 2. The molecule has 0 aromatic rings. The second kappa shape index (κ2) is 8.63. The van der Waals surface area contributed by atoms with Crippen LogP contribution >= 0.6 is 0 Å². The van der Waals surface area contributed by atoms with Crippen LogP contribution in [0.25, 0.3) is 0 Å². The zero-order valence-corrected chi connectivity index (χ0v) is 12.7. The third kappa shape index (κ3) is 5.60. The van der Waals surface area contributed by atoms with Crippen LogP contribution in [0, 0.1) is 5.92 Å². The molecule has 0 spiro atoms. The minimum absolute atomic E-state index is 0.301. The van der Waals surface area contributed by atoms with Gasteiger partial charge >= 0.3 is 12.4 Å². The number of amides is 1. The van der Waals surface area contributed by atoms with Crippen molar-refractivity contribution in [2.45, 2.75) is 37.3 Å². The van der Waals surface area contributed by atoms with Gasteiger partial charge in [-0.3, -0.25) is 4.79 Å². The summed E-state index contributed by atoms with van der Waals surface area (Å²) >= 11 is 0. The highest BCUT2D eigenvalue weighted by Gasteiger charge is 2.70. The third-order valence-corrected chi connectivity index (χ3v) is 3.29. The molecule has 142 valence electrons. The van der Waals surface area contributed by atoms with E-state index in [1.54, 1.807) is 0 Å². The second-order valence-corrected chi connectivity index (χ2v) is 5.11. The molecule has 0 aromatic heterocycles. The molecular formula is C13H17F8NO2. The largest absolute Gasteiger partial charge is 0.423 e. The van der Waals surface area contributed by atoms with Crippen LogP contribution in [0.15, 0.2) is 12.7 Å². The molecular weight excluding hydrogens is 354 g/mol. The van der Waals surface area contributed by atoms with Crippen LogP contribution in [0.2, 0.25) is 0 Å². The van der Waals surface area contributed by atoms with Crippen molar-refractivity contribution in [3.63, 3.8) is 0 Å². The average Bonchev–Trinajstić information content (AvgIpc) is 2.41. The summed E-state index contributed by atoms with van der Waals surface area (Å²) in [4.78, 5) is 15.2. The van der Waals surface area contributed by atoms with Crippen molar-refractivity contribution < 1.29 is 45.0 Å². The lowest BCUT2D eigenvalue weighted by atomic mass is 9.82. The molecule has 0 aliphatic carbocycles. The van der Waals surface area contributed by atoms with Gasteiger partial charge in [-0.1, -0.05) is 6.08 Å². The van der Waals surface area contributed by atoms with Gasteiger partial charge in [0.15, 0.2) is 5.92 Å². The summed E-state index contributed by atoms with van der Waals surface area (Å²) in [6.07, 6.45) is -13.6. The first-order valence-electron chi connectivity index (χ1n) is 6.74. The maximum Gasteiger partial charge on any atom is 0.423 e. The van der Waals surface area contributed by atoms with E-state index in [0.717, 1.165) is 13.1 Å². The van der Waals surface area contributed by atoms with Crippen molar-refractivity contribution in [2.24, 2.45) is 5.92 Å². The van der Waals surface area contributed by atoms with Crippen molar-refractivity contribution in [1.29, 1.82) is 0 Å². The summed E-state index contributed by atoms with van der Waals surface area (Å²) in [6, 6.07) is 0. The van der Waals surface area contributed by atoms with E-state index in [0.29, 0.717) is 4.90 Å². The van der Waals surface area contributed by atoms with Gasteiger partial charge in [-0.05, 0) is 23.8 Å². The van der Waals surface area contributed by atoms with Gasteiger partial charge in [0, 0.05) is 13.6 Å². The van der Waals surface area contributed by atoms with E-state index in [2.05, 4.69) is 11.5 Å². The molecule has 1 amide bonds. The van der Waals surface area contributed by atoms with Crippen LogP contribution < -0.4 is 0 Å². The molecule has 0 aliphatic rings. The van der Waals surface area contributed by atoms with E-state index in [9.17, 15) is 40.1 Å². The fraction of sp³-hybridized carbons (Fsp3) is 0.769. The van der Waals surface area contributed by atoms with Crippen LogP contribution in [0.1, 0.15) is 19.3 Å². The number of likely N-dealkylation sites (N-methyl/N-ethyl adjacent to an activating group) is 1. The van der Waals surface area contributed by atoms with Gasteiger partial charge in [0.1, 0.15) is 0 Å². The van der Waals surface area contributed by atoms with Crippen molar-refractivity contribution in [2.75, 3.05) is 20.2 Å². The summed E-state index contributed by atoms with van der Waals surface area (Å²) in [5.74, 6) is -6.00. The fourth-order valence-corrected chi connectivity index (χ4v) is 2.09. The van der Waals surface area contributed by atoms with Crippen molar-refractivity contribution in [1.82, 2.24) is 4.90 Å². The Morgan fingerprint density at radius 3 is 2.08 bits per heavy atom. The molecule has 0 radical (unpaired) electrons. The highest BCUT2D eigenvalue weighted by molar-refractivity contribution is 5.81. The van der Waals surface area contributed by atoms with E-state index in [1.165, 1.54) is 0 Å². The minimum Gasteiger partial charge on any atom is -0.341 e. The molecule has 0 heterocycles. The lowest BCUT2D eigenvalue weighted by Crippen LogP contribution is -2.58. The van der Waals surface area contributed by atoms with E-state index in [1.807, 2.05) is 0 Å². The van der Waals surface area contributed by atoms with Gasteiger partial charge in [0.2, 0.25) is 11.6 Å². The molecule has 0 bridgehead atoms. The minimum atomic E-state index is -5.95. The van der Waals surface area contributed by atoms with E-state index in [4.69, 9.17) is 0 Å². The van der Waals surface area contributed by atoms with Crippen LogP contribution in [-0.4, -0.2) is 49.0 Å². The van der Waals surface area contributed by atoms with Gasteiger partial charge in [-0.25, -0.2) is 4.39 Å². The predicted octanol–water partition coefficient (Wildman–Crippen LogP) is 4.15. The van der Waals surface area contributed by atoms with Crippen molar-refractivity contribution in [3.8, 4) is 0 Å². The van der Waals surface area contributed by atoms with Crippen LogP contribution in [0.5, 0.6) is 0 Å². The number of alkyl halides is 7. The summed E-state index contributed by atoms with van der Waals surface area (Å²) in [5.41, 5.74) is -4.84. The molecule has 24 heavy (non-hydrogen) atoms. The average molecular weight is 371 g/mol. The van der Waals surface area contributed by atoms with Gasteiger partial charge in [-0.2, -0.15) is 31.3 Å². The summed E-state index contributed by atoms with van der Waals surface area (Å²) in [6.45, 7) is 1.95. The Bertz CT molecular complexity index is 423. The molecule has 0 rings (SSSR count). The normalized spacial score (nSPS) is 16.4. The number of hydrogen-bond donors (Lipinski definition) is 0. The Balaban J connectivity index is 5.76. The maximum absolute atomic E-state index is 14.5. The van der Waals surface area contributed by atoms with E-state index in [-0.39, 0.29) is 0 Å². The van der Waals surface area contributed by atoms with Crippen LogP contribution in [-0.2, 0) is 9.74 Å².